The standard InChI is InChI=1S/C13H11F2NO4S/c1-20-12-5-3-9(7-11(12)17)16-21(18,19)13-6-8(14)2-4-10(13)15/h2-7,16-17H,1H3. The molecule has 0 aliphatic heterocycles. The molecule has 0 atom stereocenters. The lowest BCUT2D eigenvalue weighted by molar-refractivity contribution is 0.373. The maximum absolute atomic E-state index is 13.5. The van der Waals surface area contributed by atoms with E-state index in [0.717, 1.165) is 18.2 Å². The number of nitrogens with one attached hydrogen (secondary N) is 1. The van der Waals surface area contributed by atoms with E-state index >= 15 is 0 Å². The first-order valence-electron chi connectivity index (χ1n) is 5.68. The molecule has 21 heavy (non-hydrogen) atoms. The molecular weight excluding hydrogens is 304 g/mol. The lowest BCUT2D eigenvalue weighted by atomic mass is 10.3. The van der Waals surface area contributed by atoms with Crippen LogP contribution in [0.3, 0.4) is 0 Å². The van der Waals surface area contributed by atoms with E-state index in [9.17, 15) is 22.3 Å². The van der Waals surface area contributed by atoms with E-state index in [2.05, 4.69) is 0 Å². The van der Waals surface area contributed by atoms with Crippen LogP contribution in [0.1, 0.15) is 0 Å². The van der Waals surface area contributed by atoms with Gasteiger partial charge < -0.3 is 9.84 Å². The lowest BCUT2D eigenvalue weighted by Crippen LogP contribution is -2.14. The van der Waals surface area contributed by atoms with Gasteiger partial charge in [0.05, 0.1) is 12.8 Å². The molecule has 5 nitrogen and oxygen atoms in total. The molecule has 0 radical (unpaired) electrons. The third-order valence-corrected chi connectivity index (χ3v) is 4.01. The van der Waals surface area contributed by atoms with Gasteiger partial charge in [0.15, 0.2) is 11.5 Å². The van der Waals surface area contributed by atoms with Crippen molar-refractivity contribution in [3.8, 4) is 11.5 Å². The monoisotopic (exact) mass is 315 g/mol. The minimum absolute atomic E-state index is 0.0167. The van der Waals surface area contributed by atoms with Crippen molar-refractivity contribution in [2.45, 2.75) is 4.90 Å². The van der Waals surface area contributed by atoms with E-state index in [-0.39, 0.29) is 17.2 Å². The molecule has 112 valence electrons. The van der Waals surface area contributed by atoms with Crippen LogP contribution in [0.5, 0.6) is 11.5 Å². The van der Waals surface area contributed by atoms with E-state index < -0.39 is 26.6 Å². The summed E-state index contributed by atoms with van der Waals surface area (Å²) in [4.78, 5) is -0.821. The van der Waals surface area contributed by atoms with Gasteiger partial charge in [0.2, 0.25) is 0 Å². The first-order valence-corrected chi connectivity index (χ1v) is 7.16. The number of benzene rings is 2. The Morgan fingerprint density at radius 1 is 1.14 bits per heavy atom. The fraction of sp³-hybridized carbons (Fsp3) is 0.0769. The highest BCUT2D eigenvalue weighted by Gasteiger charge is 2.20. The molecule has 0 amide bonds. The molecule has 0 spiro atoms. The van der Waals surface area contributed by atoms with Gasteiger partial charge >= 0.3 is 0 Å². The zero-order valence-corrected chi connectivity index (χ0v) is 11.6. The van der Waals surface area contributed by atoms with Crippen molar-refractivity contribution in [3.05, 3.63) is 48.0 Å². The van der Waals surface area contributed by atoms with Gasteiger partial charge in [0.25, 0.3) is 10.0 Å². The number of hydrogen-bond acceptors (Lipinski definition) is 4. The average Bonchev–Trinajstić information content (AvgIpc) is 2.41. The molecule has 2 rings (SSSR count). The van der Waals surface area contributed by atoms with Gasteiger partial charge in [-0.1, -0.05) is 0 Å². The van der Waals surface area contributed by atoms with Gasteiger partial charge in [-0.2, -0.15) is 0 Å². The Morgan fingerprint density at radius 2 is 1.86 bits per heavy atom. The second-order valence-electron chi connectivity index (χ2n) is 4.07. The molecule has 8 heteroatoms. The Kier molecular flexibility index (Phi) is 3.99. The van der Waals surface area contributed by atoms with Crippen molar-refractivity contribution in [1.82, 2.24) is 0 Å². The second-order valence-corrected chi connectivity index (χ2v) is 5.72. The summed E-state index contributed by atoms with van der Waals surface area (Å²) in [7, 11) is -2.99. The van der Waals surface area contributed by atoms with Crippen LogP contribution in [0.2, 0.25) is 0 Å². The number of rotatable bonds is 4. The van der Waals surface area contributed by atoms with Gasteiger partial charge in [-0.05, 0) is 30.3 Å². The van der Waals surface area contributed by atoms with Crippen LogP contribution in [0.25, 0.3) is 0 Å². The Bertz CT molecular complexity index is 778. The number of ether oxygens (including phenoxy) is 1. The highest BCUT2D eigenvalue weighted by atomic mass is 32.2. The van der Waals surface area contributed by atoms with Crippen LogP contribution < -0.4 is 9.46 Å². The summed E-state index contributed by atoms with van der Waals surface area (Å²) in [6, 6.07) is 5.83. The number of sulfonamides is 1. The highest BCUT2D eigenvalue weighted by molar-refractivity contribution is 7.92. The average molecular weight is 315 g/mol. The number of hydrogen-bond donors (Lipinski definition) is 2. The Balaban J connectivity index is 2.37. The van der Waals surface area contributed by atoms with E-state index in [4.69, 9.17) is 4.74 Å². The fourth-order valence-corrected chi connectivity index (χ4v) is 2.79. The quantitative estimate of drug-likeness (QED) is 0.909. The first kappa shape index (κ1) is 15.0. The SMILES string of the molecule is COc1ccc(NS(=O)(=O)c2cc(F)ccc2F)cc1O. The molecule has 0 bridgehead atoms. The van der Waals surface area contributed by atoms with Crippen molar-refractivity contribution < 1.29 is 27.0 Å². The molecule has 0 aromatic heterocycles. The van der Waals surface area contributed by atoms with Crippen LogP contribution in [-0.2, 0) is 10.0 Å². The van der Waals surface area contributed by atoms with Crippen molar-refractivity contribution in [2.24, 2.45) is 0 Å². The lowest BCUT2D eigenvalue weighted by Gasteiger charge is -2.10. The topological polar surface area (TPSA) is 75.6 Å². The molecule has 2 N–H and O–H groups in total. The summed E-state index contributed by atoms with van der Waals surface area (Å²) in [5.41, 5.74) is -0.0167. The second kappa shape index (κ2) is 5.57. The van der Waals surface area contributed by atoms with E-state index in [1.54, 1.807) is 0 Å². The number of anilines is 1. The maximum atomic E-state index is 13.5. The molecule has 0 aliphatic rings. The number of methoxy groups -OCH3 is 1. The minimum Gasteiger partial charge on any atom is -0.504 e. The smallest absolute Gasteiger partial charge is 0.264 e. The Labute approximate surface area is 119 Å². The summed E-state index contributed by atoms with van der Waals surface area (Å²) in [5, 5.41) is 9.56. The molecule has 0 saturated carbocycles. The molecule has 0 aliphatic carbocycles. The number of phenols is 1. The zero-order chi connectivity index (χ0) is 15.6. The predicted octanol–water partition coefficient (Wildman–Crippen LogP) is 2.48. The van der Waals surface area contributed by atoms with Crippen LogP contribution in [0.15, 0.2) is 41.3 Å². The van der Waals surface area contributed by atoms with Crippen molar-refractivity contribution >= 4 is 15.7 Å². The molecule has 0 unspecified atom stereocenters. The Hall–Kier alpha value is -2.35. The van der Waals surface area contributed by atoms with Crippen molar-refractivity contribution in [3.63, 3.8) is 0 Å². The molecule has 0 heterocycles. The highest BCUT2D eigenvalue weighted by Crippen LogP contribution is 2.30. The largest absolute Gasteiger partial charge is 0.504 e. The summed E-state index contributed by atoms with van der Waals surface area (Å²) in [5.74, 6) is -2.11. The fourth-order valence-electron chi connectivity index (χ4n) is 1.65. The van der Waals surface area contributed by atoms with Crippen molar-refractivity contribution in [1.29, 1.82) is 0 Å². The molecular formula is C13H11F2NO4S. The van der Waals surface area contributed by atoms with Gasteiger partial charge in [-0.25, -0.2) is 17.2 Å². The van der Waals surface area contributed by atoms with Gasteiger partial charge in [0.1, 0.15) is 16.5 Å². The molecule has 0 saturated heterocycles. The third-order valence-electron chi connectivity index (χ3n) is 2.61. The summed E-state index contributed by atoms with van der Waals surface area (Å²) in [6.45, 7) is 0. The molecule has 2 aromatic carbocycles. The van der Waals surface area contributed by atoms with Crippen LogP contribution in [0.4, 0.5) is 14.5 Å². The molecule has 0 fully saturated rings. The Morgan fingerprint density at radius 3 is 2.48 bits per heavy atom. The maximum Gasteiger partial charge on any atom is 0.264 e. The van der Waals surface area contributed by atoms with E-state index in [0.29, 0.717) is 6.07 Å². The van der Waals surface area contributed by atoms with Crippen LogP contribution in [0, 0.1) is 11.6 Å². The number of phenolic OH excluding ortho intramolecular Hbond substituents is 1. The van der Waals surface area contributed by atoms with Crippen LogP contribution >= 0.6 is 0 Å². The summed E-state index contributed by atoms with van der Waals surface area (Å²) >= 11 is 0. The van der Waals surface area contributed by atoms with Crippen molar-refractivity contribution in [2.75, 3.05) is 11.8 Å². The minimum atomic E-state index is -4.32. The van der Waals surface area contributed by atoms with Gasteiger partial charge in [-0.15, -0.1) is 0 Å². The van der Waals surface area contributed by atoms with E-state index in [1.165, 1.54) is 19.2 Å². The summed E-state index contributed by atoms with van der Waals surface area (Å²) < 4.78 is 57.5. The predicted molar refractivity (Wildman–Crippen MR) is 71.8 cm³/mol. The normalized spacial score (nSPS) is 11.2. The number of halogens is 2. The summed E-state index contributed by atoms with van der Waals surface area (Å²) in [6.07, 6.45) is 0. The zero-order valence-electron chi connectivity index (χ0n) is 10.8. The third kappa shape index (κ3) is 3.22. The van der Waals surface area contributed by atoms with Crippen LogP contribution in [-0.4, -0.2) is 20.6 Å². The van der Waals surface area contributed by atoms with E-state index in [1.807, 2.05) is 4.72 Å². The first-order chi connectivity index (χ1) is 9.83. The van der Waals surface area contributed by atoms with Gasteiger partial charge in [-0.3, -0.25) is 4.72 Å². The molecule has 2 aromatic rings. The number of aromatic hydroxyl groups is 1. The van der Waals surface area contributed by atoms with Gasteiger partial charge in [0, 0.05) is 6.07 Å².